The quantitative estimate of drug-likeness (QED) is 0.775. The molecule has 0 radical (unpaired) electrons. The second-order valence-electron chi connectivity index (χ2n) is 2.82. The number of hydrogen-bond donors (Lipinski definition) is 2. The van der Waals surface area contributed by atoms with Crippen molar-refractivity contribution >= 4 is 21.8 Å². The van der Waals surface area contributed by atoms with E-state index in [1.807, 2.05) is 0 Å². The van der Waals surface area contributed by atoms with Crippen molar-refractivity contribution in [3.05, 3.63) is 31.5 Å². The molecule has 0 unspecified atom stereocenters. The van der Waals surface area contributed by atoms with E-state index in [0.717, 1.165) is 4.57 Å². The van der Waals surface area contributed by atoms with Crippen LogP contribution in [0.3, 0.4) is 0 Å². The first-order valence-corrected chi connectivity index (χ1v) is 5.10. The number of hydrogen-bond acceptors (Lipinski definition) is 3. The molecule has 6 nitrogen and oxygen atoms in total. The predicted octanol–water partition coefficient (Wildman–Crippen LogP) is -0.565. The van der Waals surface area contributed by atoms with Gasteiger partial charge in [-0.1, -0.05) is 0 Å². The molecule has 1 amide bonds. The zero-order valence-electron chi connectivity index (χ0n) is 8.04. The molecule has 2 N–H and O–H groups in total. The van der Waals surface area contributed by atoms with E-state index in [2.05, 4.69) is 26.2 Å². The van der Waals surface area contributed by atoms with Crippen molar-refractivity contribution in [2.45, 2.75) is 13.5 Å². The fourth-order valence-electron chi connectivity index (χ4n) is 1.01. The molecule has 1 aromatic heterocycles. The normalized spacial score (nSPS) is 10.0. The van der Waals surface area contributed by atoms with Gasteiger partial charge in [0.25, 0.3) is 5.56 Å². The van der Waals surface area contributed by atoms with Gasteiger partial charge in [0.15, 0.2) is 0 Å². The number of halogens is 1. The monoisotopic (exact) mass is 275 g/mol. The summed E-state index contributed by atoms with van der Waals surface area (Å²) in [4.78, 5) is 35.5. The molecular weight excluding hydrogens is 266 g/mol. The maximum atomic E-state index is 11.2. The van der Waals surface area contributed by atoms with Crippen molar-refractivity contribution < 1.29 is 4.79 Å². The third-order valence-electron chi connectivity index (χ3n) is 1.66. The van der Waals surface area contributed by atoms with Crippen molar-refractivity contribution in [1.82, 2.24) is 14.9 Å². The largest absolute Gasteiger partial charge is 0.355 e. The third-order valence-corrected chi connectivity index (χ3v) is 2.22. The number of amides is 1. The minimum absolute atomic E-state index is 0.109. The summed E-state index contributed by atoms with van der Waals surface area (Å²) >= 11 is 2.97. The average molecular weight is 276 g/mol. The third kappa shape index (κ3) is 3.05. The zero-order valence-corrected chi connectivity index (χ0v) is 9.63. The van der Waals surface area contributed by atoms with Crippen molar-refractivity contribution in [3.8, 4) is 0 Å². The van der Waals surface area contributed by atoms with Gasteiger partial charge in [-0.05, 0) is 22.9 Å². The van der Waals surface area contributed by atoms with Gasteiger partial charge in [0.2, 0.25) is 5.91 Å². The predicted molar refractivity (Wildman–Crippen MR) is 57.7 cm³/mol. The maximum absolute atomic E-state index is 11.2. The smallest absolute Gasteiger partial charge is 0.328 e. The molecule has 1 heterocycles. The average Bonchev–Trinajstić information content (AvgIpc) is 2.14. The Kier molecular flexibility index (Phi) is 3.84. The van der Waals surface area contributed by atoms with Crippen LogP contribution in [0, 0.1) is 0 Å². The minimum Gasteiger partial charge on any atom is -0.355 e. The molecule has 7 heteroatoms. The second kappa shape index (κ2) is 4.92. The second-order valence-corrected chi connectivity index (χ2v) is 3.67. The molecule has 82 valence electrons. The topological polar surface area (TPSA) is 84.0 Å². The SMILES string of the molecule is CCNC(=O)Cn1cc(Br)c(=O)[nH]c1=O. The number of likely N-dealkylation sites (N-methyl/N-ethyl adjacent to an activating group) is 1. The van der Waals surface area contributed by atoms with Gasteiger partial charge in [0.05, 0.1) is 4.47 Å². The lowest BCUT2D eigenvalue weighted by molar-refractivity contribution is -0.121. The van der Waals surface area contributed by atoms with Crippen LogP contribution in [0.25, 0.3) is 0 Å². The van der Waals surface area contributed by atoms with Crippen LogP contribution in [0.5, 0.6) is 0 Å². The molecule has 1 aromatic rings. The lowest BCUT2D eigenvalue weighted by Crippen LogP contribution is -2.35. The van der Waals surface area contributed by atoms with Crippen molar-refractivity contribution in [3.63, 3.8) is 0 Å². The summed E-state index contributed by atoms with van der Waals surface area (Å²) in [5, 5.41) is 2.55. The van der Waals surface area contributed by atoms with Crippen LogP contribution in [0.15, 0.2) is 20.3 Å². The Labute approximate surface area is 93.4 Å². The van der Waals surface area contributed by atoms with Gasteiger partial charge >= 0.3 is 5.69 Å². The standard InChI is InChI=1S/C8H10BrN3O3/c1-2-10-6(13)4-12-3-5(9)7(14)11-8(12)15/h3H,2,4H2,1H3,(H,10,13)(H,11,14,15). The Hall–Kier alpha value is -1.37. The summed E-state index contributed by atoms with van der Waals surface area (Å²) in [5.41, 5.74) is -1.11. The molecule has 0 aliphatic rings. The molecular formula is C8H10BrN3O3. The van der Waals surface area contributed by atoms with Crippen LogP contribution < -0.4 is 16.6 Å². The van der Waals surface area contributed by atoms with E-state index in [1.54, 1.807) is 6.92 Å². The van der Waals surface area contributed by atoms with E-state index < -0.39 is 11.2 Å². The number of carbonyl (C=O) groups excluding carboxylic acids is 1. The molecule has 0 bridgehead atoms. The molecule has 0 aromatic carbocycles. The molecule has 15 heavy (non-hydrogen) atoms. The maximum Gasteiger partial charge on any atom is 0.328 e. The summed E-state index contributed by atoms with van der Waals surface area (Å²) in [6.45, 7) is 2.17. The highest BCUT2D eigenvalue weighted by Crippen LogP contribution is 1.97. The number of carbonyl (C=O) groups is 1. The lowest BCUT2D eigenvalue weighted by atomic mass is 10.5. The first-order valence-electron chi connectivity index (χ1n) is 4.30. The van der Waals surface area contributed by atoms with Crippen LogP contribution in [-0.4, -0.2) is 22.0 Å². The summed E-state index contributed by atoms with van der Waals surface area (Å²) < 4.78 is 1.34. The summed E-state index contributed by atoms with van der Waals surface area (Å²) in [6, 6.07) is 0. The van der Waals surface area contributed by atoms with Gasteiger partial charge in [-0.2, -0.15) is 0 Å². The fraction of sp³-hybridized carbons (Fsp3) is 0.375. The van der Waals surface area contributed by atoms with E-state index in [0.29, 0.717) is 6.54 Å². The van der Waals surface area contributed by atoms with E-state index in [9.17, 15) is 14.4 Å². The molecule has 0 fully saturated rings. The van der Waals surface area contributed by atoms with Crippen molar-refractivity contribution in [2.24, 2.45) is 0 Å². The van der Waals surface area contributed by atoms with E-state index in [4.69, 9.17) is 0 Å². The minimum atomic E-state index is -0.602. The van der Waals surface area contributed by atoms with Crippen LogP contribution in [0.1, 0.15) is 6.92 Å². The number of rotatable bonds is 3. The molecule has 0 saturated heterocycles. The van der Waals surface area contributed by atoms with E-state index in [-0.39, 0.29) is 16.9 Å². The van der Waals surface area contributed by atoms with Gasteiger partial charge in [-0.25, -0.2) is 4.79 Å². The number of aromatic amines is 1. The molecule has 0 spiro atoms. The molecule has 0 aliphatic carbocycles. The van der Waals surface area contributed by atoms with Gasteiger partial charge in [-0.3, -0.25) is 19.1 Å². The Bertz CT molecular complexity index is 477. The highest BCUT2D eigenvalue weighted by Gasteiger charge is 2.05. The Morgan fingerprint density at radius 1 is 1.60 bits per heavy atom. The molecule has 1 rings (SSSR count). The number of aromatic nitrogens is 2. The Balaban J connectivity index is 2.96. The van der Waals surface area contributed by atoms with Gasteiger partial charge < -0.3 is 5.32 Å². The fourth-order valence-corrected chi connectivity index (χ4v) is 1.35. The van der Waals surface area contributed by atoms with Crippen LogP contribution in [-0.2, 0) is 11.3 Å². The number of nitrogens with zero attached hydrogens (tertiary/aromatic N) is 1. The first kappa shape index (κ1) is 11.7. The molecule has 0 aliphatic heterocycles. The van der Waals surface area contributed by atoms with Gasteiger partial charge in [0.1, 0.15) is 6.54 Å². The Morgan fingerprint density at radius 2 is 2.27 bits per heavy atom. The molecule has 0 saturated carbocycles. The molecule has 0 atom stereocenters. The number of H-pyrrole nitrogens is 1. The van der Waals surface area contributed by atoms with Crippen molar-refractivity contribution in [2.75, 3.05) is 6.54 Å². The van der Waals surface area contributed by atoms with Crippen LogP contribution in [0.4, 0.5) is 0 Å². The van der Waals surface area contributed by atoms with E-state index >= 15 is 0 Å². The van der Waals surface area contributed by atoms with Crippen LogP contribution >= 0.6 is 15.9 Å². The van der Waals surface area contributed by atoms with Crippen molar-refractivity contribution in [1.29, 1.82) is 0 Å². The van der Waals surface area contributed by atoms with Gasteiger partial charge in [-0.15, -0.1) is 0 Å². The highest BCUT2D eigenvalue weighted by molar-refractivity contribution is 9.10. The summed E-state index contributed by atoms with van der Waals surface area (Å²) in [5.74, 6) is -0.279. The Morgan fingerprint density at radius 3 is 2.87 bits per heavy atom. The van der Waals surface area contributed by atoms with Crippen LogP contribution in [0.2, 0.25) is 0 Å². The highest BCUT2D eigenvalue weighted by atomic mass is 79.9. The summed E-state index contributed by atoms with van der Waals surface area (Å²) in [6.07, 6.45) is 1.29. The lowest BCUT2D eigenvalue weighted by Gasteiger charge is -2.04. The van der Waals surface area contributed by atoms with E-state index in [1.165, 1.54) is 6.20 Å². The van der Waals surface area contributed by atoms with Gasteiger partial charge in [0, 0.05) is 12.7 Å². The zero-order chi connectivity index (χ0) is 11.4. The first-order chi connectivity index (χ1) is 7.04. The summed E-state index contributed by atoms with van der Waals surface area (Å²) in [7, 11) is 0. The number of nitrogens with one attached hydrogen (secondary N) is 2.